The molecule has 1 N–H and O–H groups in total. The second kappa shape index (κ2) is 4.78. The predicted molar refractivity (Wildman–Crippen MR) is 78.9 cm³/mol. The smallest absolute Gasteiger partial charge is 0.354 e. The molecule has 3 rings (SSSR count). The van der Waals surface area contributed by atoms with Gasteiger partial charge in [0.1, 0.15) is 5.69 Å². The van der Waals surface area contributed by atoms with E-state index in [-0.39, 0.29) is 5.69 Å². The van der Waals surface area contributed by atoms with E-state index in [0.717, 1.165) is 27.5 Å². The number of rotatable bonds is 2. The topological polar surface area (TPSA) is 50.2 Å². The Hall–Kier alpha value is -2.68. The Balaban J connectivity index is 2.23. The van der Waals surface area contributed by atoms with Gasteiger partial charge >= 0.3 is 5.97 Å². The van der Waals surface area contributed by atoms with Crippen molar-refractivity contribution in [1.29, 1.82) is 0 Å². The van der Waals surface area contributed by atoms with Gasteiger partial charge in [0, 0.05) is 11.8 Å². The minimum absolute atomic E-state index is 0.0617. The molecule has 0 unspecified atom stereocenters. The lowest BCUT2D eigenvalue weighted by molar-refractivity contribution is 0.0690. The summed E-state index contributed by atoms with van der Waals surface area (Å²) in [6.45, 7) is 2.05. The Kier molecular flexibility index (Phi) is 2.95. The zero-order valence-corrected chi connectivity index (χ0v) is 11.0. The van der Waals surface area contributed by atoms with Crippen LogP contribution in [0, 0.1) is 6.92 Å². The fourth-order valence-electron chi connectivity index (χ4n) is 2.43. The summed E-state index contributed by atoms with van der Waals surface area (Å²) in [5.74, 6) is -1.01. The Morgan fingerprint density at radius 3 is 2.55 bits per heavy atom. The van der Waals surface area contributed by atoms with Crippen LogP contribution in [0.2, 0.25) is 0 Å². The number of aryl methyl sites for hydroxylation is 1. The van der Waals surface area contributed by atoms with E-state index >= 15 is 0 Å². The first-order valence-electron chi connectivity index (χ1n) is 6.35. The fourth-order valence-corrected chi connectivity index (χ4v) is 2.43. The molecule has 1 aromatic heterocycles. The van der Waals surface area contributed by atoms with E-state index in [0.29, 0.717) is 0 Å². The largest absolute Gasteiger partial charge is 0.477 e. The van der Waals surface area contributed by atoms with Crippen molar-refractivity contribution in [2.75, 3.05) is 0 Å². The highest BCUT2D eigenvalue weighted by Gasteiger charge is 2.09. The molecule has 3 aromatic rings. The van der Waals surface area contributed by atoms with Gasteiger partial charge in [0.25, 0.3) is 0 Å². The molecule has 0 saturated carbocycles. The van der Waals surface area contributed by atoms with Gasteiger partial charge < -0.3 is 5.11 Å². The van der Waals surface area contributed by atoms with Crippen molar-refractivity contribution < 1.29 is 9.90 Å². The number of carbonyl (C=O) groups is 1. The Bertz CT molecular complexity index is 792. The number of benzene rings is 2. The van der Waals surface area contributed by atoms with Crippen LogP contribution < -0.4 is 0 Å². The summed E-state index contributed by atoms with van der Waals surface area (Å²) < 4.78 is 0. The molecule has 0 aliphatic rings. The van der Waals surface area contributed by atoms with Crippen LogP contribution in [-0.2, 0) is 0 Å². The zero-order chi connectivity index (χ0) is 14.1. The number of nitrogens with zero attached hydrogens (tertiary/aromatic N) is 1. The molecule has 0 amide bonds. The number of carboxylic acid groups (broad SMARTS) is 1. The summed E-state index contributed by atoms with van der Waals surface area (Å²) in [5.41, 5.74) is 3.25. The van der Waals surface area contributed by atoms with E-state index < -0.39 is 5.97 Å². The molecule has 3 nitrogen and oxygen atoms in total. The highest BCUT2D eigenvalue weighted by Crippen LogP contribution is 2.31. The molecule has 0 fully saturated rings. The molecule has 0 radical (unpaired) electrons. The third-order valence-electron chi connectivity index (χ3n) is 3.41. The van der Waals surface area contributed by atoms with Crippen LogP contribution in [0.1, 0.15) is 16.1 Å². The summed E-state index contributed by atoms with van der Waals surface area (Å²) in [5, 5.41) is 11.2. The van der Waals surface area contributed by atoms with Gasteiger partial charge in [-0.05, 0) is 34.9 Å². The minimum Gasteiger partial charge on any atom is -0.477 e. The monoisotopic (exact) mass is 263 g/mol. The SMILES string of the molecule is Cc1ccc2ccccc2c1-c1ccc(C(=O)O)nc1. The molecule has 0 atom stereocenters. The van der Waals surface area contributed by atoms with E-state index in [1.807, 2.05) is 25.1 Å². The number of aromatic nitrogens is 1. The number of hydrogen-bond donors (Lipinski definition) is 1. The van der Waals surface area contributed by atoms with Gasteiger partial charge in [0.05, 0.1) is 0 Å². The molecule has 0 bridgehead atoms. The van der Waals surface area contributed by atoms with Crippen molar-refractivity contribution >= 4 is 16.7 Å². The summed E-state index contributed by atoms with van der Waals surface area (Å²) >= 11 is 0. The lowest BCUT2D eigenvalue weighted by Gasteiger charge is -2.10. The molecule has 1 heterocycles. The van der Waals surface area contributed by atoms with Crippen molar-refractivity contribution in [2.45, 2.75) is 6.92 Å². The maximum Gasteiger partial charge on any atom is 0.354 e. The average molecular weight is 263 g/mol. The van der Waals surface area contributed by atoms with Crippen LogP contribution in [0.25, 0.3) is 21.9 Å². The third kappa shape index (κ3) is 2.03. The molecule has 0 aliphatic carbocycles. The molecular formula is C17H13NO2. The van der Waals surface area contributed by atoms with Gasteiger partial charge in [-0.3, -0.25) is 0 Å². The van der Waals surface area contributed by atoms with Crippen molar-refractivity contribution in [1.82, 2.24) is 4.98 Å². The van der Waals surface area contributed by atoms with E-state index in [2.05, 4.69) is 29.2 Å². The van der Waals surface area contributed by atoms with Crippen LogP contribution in [0.4, 0.5) is 0 Å². The molecular weight excluding hydrogens is 250 g/mol. The lowest BCUT2D eigenvalue weighted by atomic mass is 9.95. The van der Waals surface area contributed by atoms with Crippen LogP contribution in [0.3, 0.4) is 0 Å². The van der Waals surface area contributed by atoms with E-state index in [4.69, 9.17) is 5.11 Å². The maximum atomic E-state index is 10.9. The molecule has 0 saturated heterocycles. The van der Waals surface area contributed by atoms with Crippen LogP contribution in [-0.4, -0.2) is 16.1 Å². The Morgan fingerprint density at radius 1 is 1.05 bits per heavy atom. The van der Waals surface area contributed by atoms with Gasteiger partial charge in [-0.2, -0.15) is 0 Å². The fraction of sp³-hybridized carbons (Fsp3) is 0.0588. The number of carboxylic acids is 1. The quantitative estimate of drug-likeness (QED) is 0.762. The Morgan fingerprint density at radius 2 is 1.85 bits per heavy atom. The van der Waals surface area contributed by atoms with Gasteiger partial charge in [0.2, 0.25) is 0 Å². The minimum atomic E-state index is -1.01. The number of hydrogen-bond acceptors (Lipinski definition) is 2. The normalized spacial score (nSPS) is 10.7. The summed E-state index contributed by atoms with van der Waals surface area (Å²) in [4.78, 5) is 14.9. The second-order valence-electron chi connectivity index (χ2n) is 4.72. The van der Waals surface area contributed by atoms with Gasteiger partial charge in [-0.25, -0.2) is 9.78 Å². The number of aromatic carboxylic acids is 1. The van der Waals surface area contributed by atoms with Gasteiger partial charge in [-0.15, -0.1) is 0 Å². The molecule has 98 valence electrons. The standard InChI is InChI=1S/C17H13NO2/c1-11-6-7-12-4-2-3-5-14(12)16(11)13-8-9-15(17(19)20)18-10-13/h2-10H,1H3,(H,19,20). The van der Waals surface area contributed by atoms with Crippen molar-refractivity contribution in [2.24, 2.45) is 0 Å². The maximum absolute atomic E-state index is 10.9. The van der Waals surface area contributed by atoms with E-state index in [1.165, 1.54) is 0 Å². The average Bonchev–Trinajstić information content (AvgIpc) is 2.47. The summed E-state index contributed by atoms with van der Waals surface area (Å²) in [7, 11) is 0. The number of pyridine rings is 1. The molecule has 2 aromatic carbocycles. The summed E-state index contributed by atoms with van der Waals surface area (Å²) in [6.07, 6.45) is 1.62. The second-order valence-corrected chi connectivity index (χ2v) is 4.72. The zero-order valence-electron chi connectivity index (χ0n) is 11.0. The molecule has 20 heavy (non-hydrogen) atoms. The highest BCUT2D eigenvalue weighted by atomic mass is 16.4. The van der Waals surface area contributed by atoms with Gasteiger partial charge in [0.15, 0.2) is 0 Å². The molecule has 3 heteroatoms. The predicted octanol–water partition coefficient (Wildman–Crippen LogP) is 3.91. The first kappa shape index (κ1) is 12.4. The highest BCUT2D eigenvalue weighted by molar-refractivity contribution is 5.98. The van der Waals surface area contributed by atoms with Crippen molar-refractivity contribution in [3.63, 3.8) is 0 Å². The van der Waals surface area contributed by atoms with Crippen LogP contribution >= 0.6 is 0 Å². The van der Waals surface area contributed by atoms with Gasteiger partial charge in [-0.1, -0.05) is 42.5 Å². The molecule has 0 aliphatic heterocycles. The number of fused-ring (bicyclic) bond motifs is 1. The van der Waals surface area contributed by atoms with Crippen LogP contribution in [0.15, 0.2) is 54.7 Å². The molecule has 0 spiro atoms. The third-order valence-corrected chi connectivity index (χ3v) is 3.41. The summed E-state index contributed by atoms with van der Waals surface area (Å²) in [6, 6.07) is 15.7. The Labute approximate surface area is 116 Å². The van der Waals surface area contributed by atoms with Crippen molar-refractivity contribution in [3.05, 3.63) is 66.0 Å². The first-order valence-corrected chi connectivity index (χ1v) is 6.35. The van der Waals surface area contributed by atoms with Crippen LogP contribution in [0.5, 0.6) is 0 Å². The van der Waals surface area contributed by atoms with Crippen molar-refractivity contribution in [3.8, 4) is 11.1 Å². The van der Waals surface area contributed by atoms with E-state index in [1.54, 1.807) is 12.3 Å². The first-order chi connectivity index (χ1) is 9.66. The van der Waals surface area contributed by atoms with E-state index in [9.17, 15) is 4.79 Å². The lowest BCUT2D eigenvalue weighted by Crippen LogP contribution is -1.99.